The summed E-state index contributed by atoms with van der Waals surface area (Å²) in [6, 6.07) is 10.6. The Morgan fingerprint density at radius 3 is 2.58 bits per heavy atom. The number of ether oxygens (including phenoxy) is 1. The number of nitrogens with one attached hydrogen (secondary N) is 1. The van der Waals surface area contributed by atoms with Crippen LogP contribution < -0.4 is 10.1 Å². The van der Waals surface area contributed by atoms with E-state index in [1.54, 1.807) is 29.2 Å². The van der Waals surface area contributed by atoms with Crippen molar-refractivity contribution in [1.29, 1.82) is 0 Å². The Kier molecular flexibility index (Phi) is 7.90. The lowest BCUT2D eigenvalue weighted by Crippen LogP contribution is -2.40. The van der Waals surface area contributed by atoms with E-state index in [1.165, 1.54) is 11.3 Å². The SMILES string of the molecule is Cc1ccc(C(=O)Nc2nnc(C(C)(C)C)s2)c(C2CCN(C(=O)COc3cccc(Cl)c3)CC2)n1. The van der Waals surface area contributed by atoms with Gasteiger partial charge in [0.15, 0.2) is 6.61 Å². The number of likely N-dealkylation sites (tertiary alicyclic amines) is 1. The number of aryl methyl sites for hydroxylation is 1. The van der Waals surface area contributed by atoms with E-state index in [1.807, 2.05) is 19.1 Å². The van der Waals surface area contributed by atoms with E-state index in [9.17, 15) is 9.59 Å². The molecule has 36 heavy (non-hydrogen) atoms. The van der Waals surface area contributed by atoms with Gasteiger partial charge in [0, 0.05) is 35.1 Å². The molecule has 1 N–H and O–H groups in total. The van der Waals surface area contributed by atoms with Gasteiger partial charge in [-0.05, 0) is 50.1 Å². The number of amides is 2. The topological polar surface area (TPSA) is 97.3 Å². The first kappa shape index (κ1) is 26.0. The highest BCUT2D eigenvalue weighted by atomic mass is 35.5. The lowest BCUT2D eigenvalue weighted by Gasteiger charge is -2.32. The highest BCUT2D eigenvalue weighted by molar-refractivity contribution is 7.15. The third-order valence-electron chi connectivity index (χ3n) is 5.99. The lowest BCUT2D eigenvalue weighted by atomic mass is 9.90. The Morgan fingerprint density at radius 1 is 1.17 bits per heavy atom. The van der Waals surface area contributed by atoms with Gasteiger partial charge in [0.2, 0.25) is 5.13 Å². The van der Waals surface area contributed by atoms with Crippen LogP contribution in [-0.4, -0.2) is 51.6 Å². The molecule has 0 atom stereocenters. The zero-order chi connectivity index (χ0) is 25.9. The van der Waals surface area contributed by atoms with Gasteiger partial charge in [0.05, 0.1) is 11.3 Å². The number of rotatable bonds is 6. The molecule has 0 saturated carbocycles. The van der Waals surface area contributed by atoms with Crippen molar-refractivity contribution in [3.05, 3.63) is 63.4 Å². The van der Waals surface area contributed by atoms with Crippen LogP contribution in [0.3, 0.4) is 0 Å². The predicted octanol–water partition coefficient (Wildman–Crippen LogP) is 5.23. The van der Waals surface area contributed by atoms with Crippen molar-refractivity contribution in [2.45, 2.75) is 51.9 Å². The molecule has 1 aromatic carbocycles. The maximum absolute atomic E-state index is 13.2. The molecule has 1 fully saturated rings. The van der Waals surface area contributed by atoms with Crippen LogP contribution in [0.1, 0.15) is 66.3 Å². The van der Waals surface area contributed by atoms with Crippen LogP contribution >= 0.6 is 22.9 Å². The monoisotopic (exact) mass is 527 g/mol. The van der Waals surface area contributed by atoms with Gasteiger partial charge in [0.1, 0.15) is 10.8 Å². The van der Waals surface area contributed by atoms with Gasteiger partial charge in [-0.3, -0.25) is 19.9 Å². The number of carbonyl (C=O) groups is 2. The second kappa shape index (κ2) is 10.9. The normalized spacial score (nSPS) is 14.5. The Hall–Kier alpha value is -3.04. The van der Waals surface area contributed by atoms with E-state index >= 15 is 0 Å². The van der Waals surface area contributed by atoms with E-state index in [0.717, 1.165) is 16.4 Å². The first-order chi connectivity index (χ1) is 17.1. The van der Waals surface area contributed by atoms with Gasteiger partial charge in [-0.15, -0.1) is 10.2 Å². The Balaban J connectivity index is 1.39. The zero-order valence-corrected chi connectivity index (χ0v) is 22.4. The highest BCUT2D eigenvalue weighted by Crippen LogP contribution is 2.31. The molecule has 0 unspecified atom stereocenters. The van der Waals surface area contributed by atoms with Gasteiger partial charge < -0.3 is 9.64 Å². The number of benzene rings is 1. The fourth-order valence-corrected chi connectivity index (χ4v) is 4.99. The molecule has 2 amide bonds. The van der Waals surface area contributed by atoms with Gasteiger partial charge in [-0.1, -0.05) is 49.8 Å². The third kappa shape index (κ3) is 6.39. The van der Waals surface area contributed by atoms with Crippen LogP contribution in [0.5, 0.6) is 5.75 Å². The molecule has 0 bridgehead atoms. The molecule has 0 radical (unpaired) electrons. The van der Waals surface area contributed by atoms with Crippen LogP contribution in [0.25, 0.3) is 0 Å². The molecular weight excluding hydrogens is 498 g/mol. The molecule has 3 heterocycles. The fourth-order valence-electron chi connectivity index (χ4n) is 4.02. The van der Waals surface area contributed by atoms with Crippen molar-refractivity contribution in [2.24, 2.45) is 0 Å². The largest absolute Gasteiger partial charge is 0.484 e. The smallest absolute Gasteiger partial charge is 0.260 e. The number of pyridine rings is 1. The number of carbonyl (C=O) groups excluding carboxylic acids is 2. The van der Waals surface area contributed by atoms with Crippen molar-refractivity contribution >= 4 is 39.9 Å². The molecule has 1 aliphatic rings. The molecule has 0 aliphatic carbocycles. The van der Waals surface area contributed by atoms with E-state index in [4.69, 9.17) is 21.3 Å². The quantitative estimate of drug-likeness (QED) is 0.471. The number of anilines is 1. The number of hydrogen-bond donors (Lipinski definition) is 1. The molecule has 0 spiro atoms. The summed E-state index contributed by atoms with van der Waals surface area (Å²) in [5.74, 6) is 0.315. The summed E-state index contributed by atoms with van der Waals surface area (Å²) in [7, 11) is 0. The van der Waals surface area contributed by atoms with Crippen molar-refractivity contribution in [1.82, 2.24) is 20.1 Å². The van der Waals surface area contributed by atoms with Crippen molar-refractivity contribution in [3.8, 4) is 5.75 Å². The minimum atomic E-state index is -0.248. The first-order valence-corrected chi connectivity index (χ1v) is 13.1. The number of hydrogen-bond acceptors (Lipinski definition) is 7. The van der Waals surface area contributed by atoms with Crippen LogP contribution in [0.4, 0.5) is 5.13 Å². The van der Waals surface area contributed by atoms with E-state index < -0.39 is 0 Å². The third-order valence-corrected chi connectivity index (χ3v) is 7.49. The molecule has 8 nitrogen and oxygen atoms in total. The van der Waals surface area contributed by atoms with Gasteiger partial charge >= 0.3 is 0 Å². The number of aromatic nitrogens is 3. The molecule has 1 saturated heterocycles. The van der Waals surface area contributed by atoms with Gasteiger partial charge in [-0.25, -0.2) is 0 Å². The van der Waals surface area contributed by atoms with E-state index in [0.29, 0.717) is 47.4 Å². The van der Waals surface area contributed by atoms with Crippen molar-refractivity contribution < 1.29 is 14.3 Å². The van der Waals surface area contributed by atoms with E-state index in [-0.39, 0.29) is 29.8 Å². The first-order valence-electron chi connectivity index (χ1n) is 11.9. The summed E-state index contributed by atoms with van der Waals surface area (Å²) in [5, 5.41) is 13.1. The van der Waals surface area contributed by atoms with Crippen molar-refractivity contribution in [2.75, 3.05) is 25.0 Å². The van der Waals surface area contributed by atoms with Crippen LogP contribution in [0.2, 0.25) is 5.02 Å². The summed E-state index contributed by atoms with van der Waals surface area (Å²) in [6.07, 6.45) is 1.43. The maximum Gasteiger partial charge on any atom is 0.260 e. The standard InChI is InChI=1S/C26H30ClN5O3S/c1-16-8-9-20(23(34)29-25-31-30-24(36-25)26(2,3)4)22(28-16)17-10-12-32(13-11-17)21(33)15-35-19-7-5-6-18(27)14-19/h5-9,14,17H,10-13,15H2,1-4H3,(H,29,31,34). The average molecular weight is 528 g/mol. The number of piperidine rings is 1. The summed E-state index contributed by atoms with van der Waals surface area (Å²) >= 11 is 7.35. The molecule has 1 aliphatic heterocycles. The minimum Gasteiger partial charge on any atom is -0.484 e. The van der Waals surface area contributed by atoms with Crippen LogP contribution in [0, 0.1) is 6.92 Å². The second-order valence-electron chi connectivity index (χ2n) is 9.90. The summed E-state index contributed by atoms with van der Waals surface area (Å²) in [4.78, 5) is 32.4. The molecule has 2 aromatic heterocycles. The Morgan fingerprint density at radius 2 is 1.92 bits per heavy atom. The molecule has 3 aromatic rings. The van der Waals surface area contributed by atoms with Crippen LogP contribution in [-0.2, 0) is 10.2 Å². The molecular formula is C26H30ClN5O3S. The van der Waals surface area contributed by atoms with E-state index in [2.05, 4.69) is 36.3 Å². The average Bonchev–Trinajstić information content (AvgIpc) is 3.32. The van der Waals surface area contributed by atoms with Gasteiger partial charge in [0.25, 0.3) is 11.8 Å². The maximum atomic E-state index is 13.2. The summed E-state index contributed by atoms with van der Waals surface area (Å²) in [6.45, 7) is 9.19. The lowest BCUT2D eigenvalue weighted by molar-refractivity contribution is -0.134. The molecule has 10 heteroatoms. The molecule has 4 rings (SSSR count). The highest BCUT2D eigenvalue weighted by Gasteiger charge is 2.29. The number of halogens is 1. The fraction of sp³-hybridized carbons (Fsp3) is 0.423. The van der Waals surface area contributed by atoms with Gasteiger partial charge in [-0.2, -0.15) is 0 Å². The zero-order valence-electron chi connectivity index (χ0n) is 20.9. The van der Waals surface area contributed by atoms with Crippen molar-refractivity contribution in [3.63, 3.8) is 0 Å². The summed E-state index contributed by atoms with van der Waals surface area (Å²) in [5.41, 5.74) is 2.00. The minimum absolute atomic E-state index is 0.0419. The Labute approximate surface area is 220 Å². The number of nitrogens with zero attached hydrogens (tertiary/aromatic N) is 4. The Bertz CT molecular complexity index is 1250. The molecule has 190 valence electrons. The van der Waals surface area contributed by atoms with Crippen LogP contribution in [0.15, 0.2) is 36.4 Å². The summed E-state index contributed by atoms with van der Waals surface area (Å²) < 4.78 is 5.61. The second-order valence-corrected chi connectivity index (χ2v) is 11.3. The predicted molar refractivity (Wildman–Crippen MR) is 141 cm³/mol.